The largest absolute Gasteiger partial charge is 0.383 e. The van der Waals surface area contributed by atoms with Crippen molar-refractivity contribution in [1.82, 2.24) is 30.0 Å². The number of aryl methyl sites for hydroxylation is 1. The van der Waals surface area contributed by atoms with E-state index in [4.69, 9.17) is 9.47 Å². The fourth-order valence-corrected chi connectivity index (χ4v) is 3.96. The van der Waals surface area contributed by atoms with Gasteiger partial charge in [0.05, 0.1) is 55.5 Å². The molecule has 2 aromatic heterocycles. The van der Waals surface area contributed by atoms with Crippen LogP contribution >= 0.6 is 0 Å². The maximum absolute atomic E-state index is 12.5. The number of hydrogen-bond acceptors (Lipinski definition) is 7. The average molecular weight is 494 g/mol. The van der Waals surface area contributed by atoms with E-state index in [1.165, 1.54) is 0 Å². The van der Waals surface area contributed by atoms with E-state index in [1.807, 2.05) is 52.1 Å². The minimum absolute atomic E-state index is 0.0655. The third kappa shape index (κ3) is 6.79. The number of urea groups is 1. The molecule has 1 aromatic carbocycles. The topological polar surface area (TPSA) is 106 Å². The number of nitrogens with zero attached hydrogens (tertiary/aromatic N) is 5. The molecule has 0 atom stereocenters. The third-order valence-electron chi connectivity index (χ3n) is 5.79. The maximum Gasteiger partial charge on any atom is 0.317 e. The summed E-state index contributed by atoms with van der Waals surface area (Å²) >= 11 is 0. The molecule has 1 aliphatic heterocycles. The number of ether oxygens (including phenoxy) is 2. The van der Waals surface area contributed by atoms with E-state index in [0.29, 0.717) is 38.7 Å². The summed E-state index contributed by atoms with van der Waals surface area (Å²) in [5, 5.41) is 10.5. The van der Waals surface area contributed by atoms with Crippen molar-refractivity contribution in [2.75, 3.05) is 32.1 Å². The van der Waals surface area contributed by atoms with Gasteiger partial charge in [-0.2, -0.15) is 5.10 Å². The number of methoxy groups -OCH3 is 1. The van der Waals surface area contributed by atoms with Crippen molar-refractivity contribution in [2.24, 2.45) is 0 Å². The number of benzene rings is 1. The Hall–Kier alpha value is -3.50. The van der Waals surface area contributed by atoms with Gasteiger partial charge in [-0.05, 0) is 51.0 Å². The highest BCUT2D eigenvalue weighted by Crippen LogP contribution is 2.23. The summed E-state index contributed by atoms with van der Waals surface area (Å²) < 4.78 is 12.8. The van der Waals surface area contributed by atoms with Crippen LogP contribution in [0.15, 0.2) is 42.9 Å². The number of likely N-dealkylation sites (tertiary alicyclic amines) is 1. The summed E-state index contributed by atoms with van der Waals surface area (Å²) in [6.45, 7) is 11.1. The fraction of sp³-hybridized carbons (Fsp3) is 0.462. The van der Waals surface area contributed by atoms with Gasteiger partial charge in [-0.1, -0.05) is 12.1 Å². The van der Waals surface area contributed by atoms with E-state index in [1.54, 1.807) is 29.1 Å². The quantitative estimate of drug-likeness (QED) is 0.468. The molecule has 36 heavy (non-hydrogen) atoms. The van der Waals surface area contributed by atoms with Crippen LogP contribution in [0.3, 0.4) is 0 Å². The van der Waals surface area contributed by atoms with Crippen LogP contribution in [0.2, 0.25) is 0 Å². The molecule has 0 aliphatic carbocycles. The molecule has 1 fully saturated rings. The van der Waals surface area contributed by atoms with Gasteiger partial charge in [0.15, 0.2) is 0 Å². The van der Waals surface area contributed by atoms with Crippen LogP contribution in [-0.2, 0) is 22.6 Å². The standard InChI is InChI=1S/C26H35N7O3/c1-18-12-19(6-7-20(18)13-28-25(34)32-16-22(17-32)36-26(2,3)4)23-8-9-27-24(31-23)30-21-14-29-33(15-21)10-11-35-5/h6-9,12,14-15,22H,10-11,13,16-17H2,1-5H3,(H,28,34)(H,27,30,31). The molecule has 4 rings (SSSR count). The van der Waals surface area contributed by atoms with Crippen molar-refractivity contribution in [3.8, 4) is 11.3 Å². The smallest absolute Gasteiger partial charge is 0.317 e. The zero-order valence-corrected chi connectivity index (χ0v) is 21.6. The van der Waals surface area contributed by atoms with Gasteiger partial charge < -0.3 is 25.0 Å². The van der Waals surface area contributed by atoms with Gasteiger partial charge in [-0.25, -0.2) is 14.8 Å². The molecule has 2 N–H and O–H groups in total. The Balaban J connectivity index is 1.32. The Morgan fingerprint density at radius 3 is 2.75 bits per heavy atom. The van der Waals surface area contributed by atoms with Gasteiger partial charge in [0, 0.05) is 31.6 Å². The summed E-state index contributed by atoms with van der Waals surface area (Å²) in [7, 11) is 1.67. The average Bonchev–Trinajstić information content (AvgIpc) is 3.25. The molecule has 0 radical (unpaired) electrons. The summed E-state index contributed by atoms with van der Waals surface area (Å²) in [5.74, 6) is 0.496. The number of hydrogen-bond donors (Lipinski definition) is 2. The van der Waals surface area contributed by atoms with Crippen LogP contribution in [-0.4, -0.2) is 69.2 Å². The minimum Gasteiger partial charge on any atom is -0.383 e. The molecule has 3 heterocycles. The Kier molecular flexibility index (Phi) is 7.85. The highest BCUT2D eigenvalue weighted by atomic mass is 16.5. The molecular formula is C26H35N7O3. The highest BCUT2D eigenvalue weighted by Gasteiger charge is 2.33. The van der Waals surface area contributed by atoms with Crippen LogP contribution in [0.1, 0.15) is 31.9 Å². The van der Waals surface area contributed by atoms with Gasteiger partial charge >= 0.3 is 6.03 Å². The first-order chi connectivity index (χ1) is 17.2. The lowest BCUT2D eigenvalue weighted by molar-refractivity contribution is -0.111. The second kappa shape index (κ2) is 11.0. The van der Waals surface area contributed by atoms with Crippen molar-refractivity contribution in [3.05, 3.63) is 54.0 Å². The van der Waals surface area contributed by atoms with Crippen LogP contribution in [0.4, 0.5) is 16.4 Å². The number of amides is 2. The molecule has 0 unspecified atom stereocenters. The Bertz CT molecular complexity index is 1180. The lowest BCUT2D eigenvalue weighted by Crippen LogP contribution is -2.59. The van der Waals surface area contributed by atoms with Crippen molar-refractivity contribution in [2.45, 2.75) is 52.5 Å². The number of rotatable bonds is 9. The summed E-state index contributed by atoms with van der Waals surface area (Å²) in [6.07, 6.45) is 5.46. The van der Waals surface area contributed by atoms with Crippen molar-refractivity contribution in [1.29, 1.82) is 0 Å². The Morgan fingerprint density at radius 1 is 1.22 bits per heavy atom. The first-order valence-electron chi connectivity index (χ1n) is 12.1. The number of anilines is 2. The van der Waals surface area contributed by atoms with Crippen LogP contribution < -0.4 is 10.6 Å². The predicted octanol–water partition coefficient (Wildman–Crippen LogP) is 3.75. The zero-order chi connectivity index (χ0) is 25.7. The summed E-state index contributed by atoms with van der Waals surface area (Å²) in [5.41, 5.74) is 4.55. The molecule has 0 bridgehead atoms. The van der Waals surface area contributed by atoms with E-state index in [2.05, 4.69) is 31.8 Å². The van der Waals surface area contributed by atoms with E-state index >= 15 is 0 Å². The van der Waals surface area contributed by atoms with Crippen LogP contribution in [0.5, 0.6) is 0 Å². The van der Waals surface area contributed by atoms with E-state index < -0.39 is 0 Å². The molecule has 0 spiro atoms. The number of nitrogens with one attached hydrogen (secondary N) is 2. The molecule has 3 aromatic rings. The number of aromatic nitrogens is 4. The number of carbonyl (C=O) groups is 1. The van der Waals surface area contributed by atoms with Gasteiger partial charge in [0.25, 0.3) is 0 Å². The lowest BCUT2D eigenvalue weighted by atomic mass is 10.0. The van der Waals surface area contributed by atoms with Crippen molar-refractivity contribution < 1.29 is 14.3 Å². The lowest BCUT2D eigenvalue weighted by Gasteiger charge is -2.41. The molecule has 10 nitrogen and oxygen atoms in total. The Labute approximate surface area is 212 Å². The van der Waals surface area contributed by atoms with Gasteiger partial charge in [-0.3, -0.25) is 4.68 Å². The molecule has 0 saturated carbocycles. The SMILES string of the molecule is COCCn1cc(Nc2nccc(-c3ccc(CNC(=O)N4CC(OC(C)(C)C)C4)c(C)c3)n2)cn1. The second-order valence-electron chi connectivity index (χ2n) is 9.93. The molecule has 1 aliphatic rings. The molecular weight excluding hydrogens is 458 g/mol. The van der Waals surface area contributed by atoms with Crippen molar-refractivity contribution in [3.63, 3.8) is 0 Å². The van der Waals surface area contributed by atoms with Crippen LogP contribution in [0.25, 0.3) is 11.3 Å². The fourth-order valence-electron chi connectivity index (χ4n) is 3.96. The molecule has 1 saturated heterocycles. The molecule has 2 amide bonds. The molecule has 192 valence electrons. The first-order valence-corrected chi connectivity index (χ1v) is 12.1. The normalized spacial score (nSPS) is 14.0. The third-order valence-corrected chi connectivity index (χ3v) is 5.79. The number of carbonyl (C=O) groups excluding carboxylic acids is 1. The van der Waals surface area contributed by atoms with E-state index in [0.717, 1.165) is 28.1 Å². The monoisotopic (exact) mass is 493 g/mol. The van der Waals surface area contributed by atoms with Crippen molar-refractivity contribution >= 4 is 17.7 Å². The van der Waals surface area contributed by atoms with Crippen LogP contribution in [0, 0.1) is 6.92 Å². The van der Waals surface area contributed by atoms with E-state index in [9.17, 15) is 4.79 Å². The molecule has 10 heteroatoms. The highest BCUT2D eigenvalue weighted by molar-refractivity contribution is 5.75. The first kappa shape index (κ1) is 25.6. The second-order valence-corrected chi connectivity index (χ2v) is 9.93. The minimum atomic E-state index is -0.195. The summed E-state index contributed by atoms with van der Waals surface area (Å²) in [6, 6.07) is 7.93. The summed E-state index contributed by atoms with van der Waals surface area (Å²) in [4.78, 5) is 23.2. The van der Waals surface area contributed by atoms with E-state index in [-0.39, 0.29) is 17.7 Å². The zero-order valence-electron chi connectivity index (χ0n) is 21.6. The Morgan fingerprint density at radius 2 is 2.03 bits per heavy atom. The predicted molar refractivity (Wildman–Crippen MR) is 138 cm³/mol. The maximum atomic E-state index is 12.5. The van der Waals surface area contributed by atoms with Gasteiger partial charge in [0.2, 0.25) is 5.95 Å². The van der Waals surface area contributed by atoms with Gasteiger partial charge in [0.1, 0.15) is 0 Å². The van der Waals surface area contributed by atoms with Gasteiger partial charge in [-0.15, -0.1) is 0 Å².